The van der Waals surface area contributed by atoms with Crippen LogP contribution in [-0.4, -0.2) is 86.2 Å². The first-order chi connectivity index (χ1) is 8.85. The third-order valence-corrected chi connectivity index (χ3v) is 3.76. The second-order valence-corrected chi connectivity index (χ2v) is 5.13. The highest BCUT2D eigenvalue weighted by atomic mass is 16.6. The average Bonchev–Trinajstić information content (AvgIpc) is 2.80. The van der Waals surface area contributed by atoms with Crippen molar-refractivity contribution in [2.45, 2.75) is 43.0 Å². The van der Waals surface area contributed by atoms with E-state index in [0.29, 0.717) is 19.4 Å². The van der Waals surface area contributed by atoms with Crippen molar-refractivity contribution in [3.8, 4) is 0 Å². The van der Waals surface area contributed by atoms with Gasteiger partial charge in [-0.05, 0) is 19.4 Å². The summed E-state index contributed by atoms with van der Waals surface area (Å²) in [4.78, 5) is 12.5. The Bertz CT molecular complexity index is 352. The standard InChI is InChI=1S/C11H19NO7/c13-7-4-19-11(18,9(15)8(7)14)5-12-3-1-2-6(12)10(16)17/h6-9,13-15,18H,1-5H2,(H,16,17)/t6?,7-,8-,9+,11-/m1/s1. The summed E-state index contributed by atoms with van der Waals surface area (Å²) in [6.45, 7) is -0.0801. The van der Waals surface area contributed by atoms with Gasteiger partial charge in [-0.15, -0.1) is 0 Å². The van der Waals surface area contributed by atoms with Gasteiger partial charge in [0, 0.05) is 0 Å². The summed E-state index contributed by atoms with van der Waals surface area (Å²) in [6, 6.07) is -0.733. The van der Waals surface area contributed by atoms with Crippen molar-refractivity contribution in [3.63, 3.8) is 0 Å². The lowest BCUT2D eigenvalue weighted by atomic mass is 9.96. The van der Waals surface area contributed by atoms with Crippen LogP contribution >= 0.6 is 0 Å². The summed E-state index contributed by atoms with van der Waals surface area (Å²) in [5, 5.41) is 47.9. The van der Waals surface area contributed by atoms with E-state index in [2.05, 4.69) is 0 Å². The van der Waals surface area contributed by atoms with Crippen LogP contribution < -0.4 is 0 Å². The van der Waals surface area contributed by atoms with E-state index in [1.807, 2.05) is 0 Å². The van der Waals surface area contributed by atoms with Crippen molar-refractivity contribution in [1.29, 1.82) is 0 Å². The van der Waals surface area contributed by atoms with E-state index in [9.17, 15) is 25.2 Å². The van der Waals surface area contributed by atoms with E-state index < -0.39 is 36.1 Å². The molecule has 0 aromatic carbocycles. The molecule has 2 saturated heterocycles. The van der Waals surface area contributed by atoms with Crippen molar-refractivity contribution in [2.75, 3.05) is 19.7 Å². The molecule has 2 aliphatic rings. The molecule has 0 aliphatic carbocycles. The van der Waals surface area contributed by atoms with Crippen molar-refractivity contribution < 1.29 is 35.1 Å². The number of β-amino-alcohol motifs (C(OH)–C–C–N with tert-alkyl or cyclic N) is 1. The van der Waals surface area contributed by atoms with Gasteiger partial charge in [-0.25, -0.2) is 0 Å². The van der Waals surface area contributed by atoms with Gasteiger partial charge in [-0.3, -0.25) is 9.69 Å². The van der Waals surface area contributed by atoms with Crippen LogP contribution in [0.25, 0.3) is 0 Å². The fourth-order valence-corrected chi connectivity index (χ4v) is 2.62. The van der Waals surface area contributed by atoms with Gasteiger partial charge in [0.1, 0.15) is 24.4 Å². The number of likely N-dealkylation sites (tertiary alicyclic amines) is 1. The summed E-state index contributed by atoms with van der Waals surface area (Å²) in [7, 11) is 0. The fraction of sp³-hybridized carbons (Fsp3) is 0.909. The molecule has 2 rings (SSSR count). The molecule has 0 spiro atoms. The van der Waals surface area contributed by atoms with Crippen LogP contribution in [0, 0.1) is 0 Å². The Morgan fingerprint density at radius 1 is 1.37 bits per heavy atom. The van der Waals surface area contributed by atoms with Crippen LogP contribution in [0.3, 0.4) is 0 Å². The maximum absolute atomic E-state index is 11.0. The number of hydrogen-bond acceptors (Lipinski definition) is 7. The van der Waals surface area contributed by atoms with Crippen molar-refractivity contribution >= 4 is 5.97 Å². The zero-order chi connectivity index (χ0) is 14.2. The number of nitrogens with zero attached hydrogens (tertiary/aromatic N) is 1. The minimum atomic E-state index is -2.07. The number of ether oxygens (including phenoxy) is 1. The molecule has 2 aliphatic heterocycles. The Kier molecular flexibility index (Phi) is 4.09. The first-order valence-corrected chi connectivity index (χ1v) is 6.22. The lowest BCUT2D eigenvalue weighted by Crippen LogP contribution is -2.65. The summed E-state index contributed by atoms with van der Waals surface area (Å²) >= 11 is 0. The third kappa shape index (κ3) is 2.73. The normalized spacial score (nSPS) is 44.4. The fourth-order valence-electron chi connectivity index (χ4n) is 2.62. The summed E-state index contributed by atoms with van der Waals surface area (Å²) in [5.74, 6) is -3.07. The van der Waals surface area contributed by atoms with E-state index in [1.165, 1.54) is 4.90 Å². The van der Waals surface area contributed by atoms with Crippen LogP contribution in [0.5, 0.6) is 0 Å². The van der Waals surface area contributed by atoms with Gasteiger partial charge in [0.2, 0.25) is 5.79 Å². The minimum absolute atomic E-state index is 0.227. The summed E-state index contributed by atoms with van der Waals surface area (Å²) in [6.07, 6.45) is -3.35. The third-order valence-electron chi connectivity index (χ3n) is 3.76. The van der Waals surface area contributed by atoms with Crippen molar-refractivity contribution in [1.82, 2.24) is 4.90 Å². The summed E-state index contributed by atoms with van der Waals surface area (Å²) < 4.78 is 5.01. The molecule has 110 valence electrons. The number of carboxylic acid groups (broad SMARTS) is 1. The van der Waals surface area contributed by atoms with Gasteiger partial charge in [0.15, 0.2) is 0 Å². The number of aliphatic carboxylic acids is 1. The predicted octanol–water partition coefficient (Wildman–Crippen LogP) is -2.66. The lowest BCUT2D eigenvalue weighted by Gasteiger charge is -2.43. The average molecular weight is 277 g/mol. The van der Waals surface area contributed by atoms with Crippen LogP contribution in [0.1, 0.15) is 12.8 Å². The minimum Gasteiger partial charge on any atom is -0.480 e. The Labute approximate surface area is 109 Å². The van der Waals surface area contributed by atoms with Gasteiger partial charge < -0.3 is 30.3 Å². The molecule has 0 bridgehead atoms. The van der Waals surface area contributed by atoms with E-state index in [-0.39, 0.29) is 13.2 Å². The number of rotatable bonds is 3. The quantitative estimate of drug-likeness (QED) is 0.378. The molecule has 0 aromatic rings. The maximum Gasteiger partial charge on any atom is 0.320 e. The predicted molar refractivity (Wildman–Crippen MR) is 61.2 cm³/mol. The topological polar surface area (TPSA) is 131 Å². The monoisotopic (exact) mass is 277 g/mol. The van der Waals surface area contributed by atoms with E-state index in [0.717, 1.165) is 0 Å². The molecule has 0 amide bonds. The highest BCUT2D eigenvalue weighted by Gasteiger charge is 2.50. The Hall–Kier alpha value is -0.770. The van der Waals surface area contributed by atoms with Gasteiger partial charge >= 0.3 is 5.97 Å². The molecule has 0 aromatic heterocycles. The van der Waals surface area contributed by atoms with E-state index >= 15 is 0 Å². The van der Waals surface area contributed by atoms with Crippen molar-refractivity contribution in [3.05, 3.63) is 0 Å². The molecule has 8 heteroatoms. The largest absolute Gasteiger partial charge is 0.480 e. The molecule has 5 N–H and O–H groups in total. The Morgan fingerprint density at radius 3 is 2.68 bits per heavy atom. The molecule has 2 fully saturated rings. The first kappa shape index (κ1) is 14.6. The maximum atomic E-state index is 11.0. The highest BCUT2D eigenvalue weighted by Crippen LogP contribution is 2.28. The van der Waals surface area contributed by atoms with Crippen LogP contribution in [0.2, 0.25) is 0 Å². The molecule has 1 unspecified atom stereocenters. The Morgan fingerprint density at radius 2 is 2.05 bits per heavy atom. The smallest absolute Gasteiger partial charge is 0.320 e. The SMILES string of the molecule is O=C(O)C1CCCN1C[C@@]1(O)OC[C@@H](O)[C@@H](O)[C@@H]1O. The molecule has 19 heavy (non-hydrogen) atoms. The number of carboxylic acids is 1. The zero-order valence-corrected chi connectivity index (χ0v) is 10.3. The van der Waals surface area contributed by atoms with Gasteiger partial charge in [-0.2, -0.15) is 0 Å². The van der Waals surface area contributed by atoms with Gasteiger partial charge in [-0.1, -0.05) is 0 Å². The molecule has 5 atom stereocenters. The first-order valence-electron chi connectivity index (χ1n) is 6.22. The highest BCUT2D eigenvalue weighted by molar-refractivity contribution is 5.73. The lowest BCUT2D eigenvalue weighted by molar-refractivity contribution is -0.325. The number of carbonyl (C=O) groups is 1. The molecule has 8 nitrogen and oxygen atoms in total. The number of hydrogen-bond donors (Lipinski definition) is 5. The van der Waals surface area contributed by atoms with Crippen LogP contribution in [0.4, 0.5) is 0 Å². The Balaban J connectivity index is 2.06. The molecule has 2 heterocycles. The van der Waals surface area contributed by atoms with Crippen LogP contribution in [0.15, 0.2) is 0 Å². The molecule has 0 radical (unpaired) electrons. The molecular formula is C11H19NO7. The van der Waals surface area contributed by atoms with Gasteiger partial charge in [0.25, 0.3) is 0 Å². The van der Waals surface area contributed by atoms with E-state index in [4.69, 9.17) is 9.84 Å². The second-order valence-electron chi connectivity index (χ2n) is 5.13. The zero-order valence-electron chi connectivity index (χ0n) is 10.3. The number of aliphatic hydroxyl groups is 4. The van der Waals surface area contributed by atoms with E-state index in [1.54, 1.807) is 0 Å². The van der Waals surface area contributed by atoms with Crippen molar-refractivity contribution in [2.24, 2.45) is 0 Å². The second kappa shape index (κ2) is 5.31. The molecule has 0 saturated carbocycles. The summed E-state index contributed by atoms with van der Waals surface area (Å²) in [5.41, 5.74) is 0. The van der Waals surface area contributed by atoms with Crippen LogP contribution in [-0.2, 0) is 9.53 Å². The van der Waals surface area contributed by atoms with Gasteiger partial charge in [0.05, 0.1) is 13.2 Å². The molecular weight excluding hydrogens is 258 g/mol. The number of aliphatic hydroxyl groups excluding tert-OH is 3.